The van der Waals surface area contributed by atoms with Crippen LogP contribution >= 0.6 is 0 Å². The summed E-state index contributed by atoms with van der Waals surface area (Å²) in [6.45, 7) is -0.312. The summed E-state index contributed by atoms with van der Waals surface area (Å²) in [4.78, 5) is 24.0. The molecule has 0 radical (unpaired) electrons. The summed E-state index contributed by atoms with van der Waals surface area (Å²) in [7, 11) is 0. The molecular formula is C23H20F2N2O4. The molecule has 31 heavy (non-hydrogen) atoms. The van der Waals surface area contributed by atoms with E-state index in [0.29, 0.717) is 5.69 Å². The SMILES string of the molecule is O=C(COc1cccc(F)c1)NCc1cccc(NC(=O)COc2cccc(F)c2)c1. The monoisotopic (exact) mass is 426 g/mol. The van der Waals surface area contributed by atoms with E-state index in [1.807, 2.05) is 0 Å². The maximum absolute atomic E-state index is 13.1. The zero-order valence-electron chi connectivity index (χ0n) is 16.4. The molecule has 3 rings (SSSR count). The second-order valence-corrected chi connectivity index (χ2v) is 6.52. The maximum atomic E-state index is 13.1. The molecular weight excluding hydrogens is 406 g/mol. The molecule has 0 fully saturated rings. The molecule has 2 amide bonds. The van der Waals surface area contributed by atoms with Crippen LogP contribution in [0, 0.1) is 11.6 Å². The van der Waals surface area contributed by atoms with Crippen LogP contribution in [0.25, 0.3) is 0 Å². The van der Waals surface area contributed by atoms with Crippen molar-refractivity contribution in [2.24, 2.45) is 0 Å². The molecule has 0 saturated heterocycles. The van der Waals surface area contributed by atoms with Crippen molar-refractivity contribution in [2.45, 2.75) is 6.54 Å². The second-order valence-electron chi connectivity index (χ2n) is 6.52. The van der Waals surface area contributed by atoms with Crippen molar-refractivity contribution in [3.63, 3.8) is 0 Å². The number of rotatable bonds is 9. The Hall–Kier alpha value is -3.94. The van der Waals surface area contributed by atoms with Crippen molar-refractivity contribution in [3.05, 3.63) is 90.0 Å². The number of hydrogen-bond donors (Lipinski definition) is 2. The first-order valence-electron chi connectivity index (χ1n) is 9.40. The first-order chi connectivity index (χ1) is 15.0. The fourth-order valence-corrected chi connectivity index (χ4v) is 2.62. The summed E-state index contributed by atoms with van der Waals surface area (Å²) in [6.07, 6.45) is 0. The van der Waals surface area contributed by atoms with Gasteiger partial charge in [0.05, 0.1) is 0 Å². The van der Waals surface area contributed by atoms with E-state index >= 15 is 0 Å². The summed E-state index contributed by atoms with van der Waals surface area (Å²) < 4.78 is 36.7. The van der Waals surface area contributed by atoms with Gasteiger partial charge in [0, 0.05) is 24.4 Å². The highest BCUT2D eigenvalue weighted by Crippen LogP contribution is 2.14. The molecule has 2 N–H and O–H groups in total. The van der Waals surface area contributed by atoms with Gasteiger partial charge in [-0.2, -0.15) is 0 Å². The Kier molecular flexibility index (Phi) is 7.53. The fraction of sp³-hybridized carbons (Fsp3) is 0.130. The summed E-state index contributed by atoms with van der Waals surface area (Å²) in [5, 5.41) is 5.36. The van der Waals surface area contributed by atoms with Crippen molar-refractivity contribution in [1.82, 2.24) is 5.32 Å². The van der Waals surface area contributed by atoms with Crippen LogP contribution in [0.2, 0.25) is 0 Å². The van der Waals surface area contributed by atoms with Crippen LogP contribution in [-0.4, -0.2) is 25.0 Å². The molecule has 160 valence electrons. The zero-order chi connectivity index (χ0) is 22.1. The van der Waals surface area contributed by atoms with Gasteiger partial charge in [-0.1, -0.05) is 24.3 Å². The van der Waals surface area contributed by atoms with E-state index < -0.39 is 17.5 Å². The van der Waals surface area contributed by atoms with Gasteiger partial charge >= 0.3 is 0 Å². The third-order valence-electron chi connectivity index (χ3n) is 4.03. The van der Waals surface area contributed by atoms with Gasteiger partial charge in [-0.3, -0.25) is 9.59 Å². The Morgan fingerprint density at radius 3 is 1.94 bits per heavy atom. The van der Waals surface area contributed by atoms with Crippen LogP contribution < -0.4 is 20.1 Å². The predicted octanol–water partition coefficient (Wildman–Crippen LogP) is 3.68. The van der Waals surface area contributed by atoms with E-state index in [0.717, 1.165) is 5.56 Å². The number of anilines is 1. The van der Waals surface area contributed by atoms with Crippen LogP contribution in [0.1, 0.15) is 5.56 Å². The molecule has 0 aliphatic rings. The topological polar surface area (TPSA) is 76.7 Å². The minimum atomic E-state index is -0.450. The lowest BCUT2D eigenvalue weighted by molar-refractivity contribution is -0.123. The molecule has 0 unspecified atom stereocenters. The minimum Gasteiger partial charge on any atom is -0.484 e. The van der Waals surface area contributed by atoms with Crippen molar-refractivity contribution in [1.29, 1.82) is 0 Å². The van der Waals surface area contributed by atoms with E-state index in [2.05, 4.69) is 10.6 Å². The standard InChI is InChI=1S/C23H20F2N2O4/c24-17-5-2-8-20(11-17)30-14-22(28)26-13-16-4-1-7-19(10-16)27-23(29)15-31-21-9-3-6-18(25)12-21/h1-12H,13-15H2,(H,26,28)(H,27,29). The van der Waals surface area contributed by atoms with E-state index in [9.17, 15) is 18.4 Å². The number of carbonyl (C=O) groups is 2. The van der Waals surface area contributed by atoms with Crippen molar-refractivity contribution < 1.29 is 27.8 Å². The number of amides is 2. The lowest BCUT2D eigenvalue weighted by Gasteiger charge is -2.10. The molecule has 3 aromatic carbocycles. The molecule has 0 bridgehead atoms. The normalized spacial score (nSPS) is 10.3. The Bertz CT molecular complexity index is 1060. The highest BCUT2D eigenvalue weighted by atomic mass is 19.1. The third-order valence-corrected chi connectivity index (χ3v) is 4.03. The molecule has 0 aliphatic heterocycles. The van der Waals surface area contributed by atoms with Crippen molar-refractivity contribution in [2.75, 3.05) is 18.5 Å². The van der Waals surface area contributed by atoms with Gasteiger partial charge in [0.2, 0.25) is 0 Å². The molecule has 0 saturated carbocycles. The number of carbonyl (C=O) groups excluding carboxylic acids is 2. The van der Waals surface area contributed by atoms with Crippen LogP contribution in [0.15, 0.2) is 72.8 Å². The van der Waals surface area contributed by atoms with Crippen LogP contribution in [-0.2, 0) is 16.1 Å². The number of halogens is 2. The zero-order valence-corrected chi connectivity index (χ0v) is 16.4. The summed E-state index contributed by atoms with van der Waals surface area (Å²) in [5.41, 5.74) is 1.28. The van der Waals surface area contributed by atoms with E-state index in [4.69, 9.17) is 9.47 Å². The highest BCUT2D eigenvalue weighted by molar-refractivity contribution is 5.92. The van der Waals surface area contributed by atoms with E-state index in [1.165, 1.54) is 36.4 Å². The Balaban J connectivity index is 1.43. The highest BCUT2D eigenvalue weighted by Gasteiger charge is 2.07. The fourth-order valence-electron chi connectivity index (χ4n) is 2.62. The first-order valence-corrected chi connectivity index (χ1v) is 9.40. The smallest absolute Gasteiger partial charge is 0.262 e. The molecule has 3 aromatic rings. The minimum absolute atomic E-state index is 0.217. The predicted molar refractivity (Wildman–Crippen MR) is 111 cm³/mol. The van der Waals surface area contributed by atoms with Crippen molar-refractivity contribution in [3.8, 4) is 11.5 Å². The number of benzene rings is 3. The summed E-state index contributed by atoms with van der Waals surface area (Å²) >= 11 is 0. The van der Waals surface area contributed by atoms with Crippen LogP contribution in [0.3, 0.4) is 0 Å². The van der Waals surface area contributed by atoms with Gasteiger partial charge in [0.15, 0.2) is 13.2 Å². The summed E-state index contributed by atoms with van der Waals surface area (Å²) in [5.74, 6) is -1.16. The quantitative estimate of drug-likeness (QED) is 0.547. The van der Waals surface area contributed by atoms with Crippen LogP contribution in [0.5, 0.6) is 11.5 Å². The number of ether oxygens (including phenoxy) is 2. The van der Waals surface area contributed by atoms with Gasteiger partial charge in [-0.25, -0.2) is 8.78 Å². The maximum Gasteiger partial charge on any atom is 0.262 e. The number of nitrogens with one attached hydrogen (secondary N) is 2. The first kappa shape index (κ1) is 21.8. The molecule has 0 spiro atoms. The van der Waals surface area contributed by atoms with Gasteiger partial charge in [0.1, 0.15) is 23.1 Å². The van der Waals surface area contributed by atoms with E-state index in [-0.39, 0.29) is 37.2 Å². The van der Waals surface area contributed by atoms with Gasteiger partial charge in [-0.05, 0) is 42.0 Å². The van der Waals surface area contributed by atoms with Crippen LogP contribution in [0.4, 0.5) is 14.5 Å². The largest absolute Gasteiger partial charge is 0.484 e. The van der Waals surface area contributed by atoms with Gasteiger partial charge in [0.25, 0.3) is 11.8 Å². The molecule has 0 aliphatic carbocycles. The lowest BCUT2D eigenvalue weighted by atomic mass is 10.2. The molecule has 8 heteroatoms. The number of hydrogen-bond acceptors (Lipinski definition) is 4. The molecule has 6 nitrogen and oxygen atoms in total. The Labute approximate surface area is 177 Å². The summed E-state index contributed by atoms with van der Waals surface area (Å²) in [6, 6.07) is 17.9. The lowest BCUT2D eigenvalue weighted by Crippen LogP contribution is -2.28. The second kappa shape index (κ2) is 10.7. The Morgan fingerprint density at radius 2 is 1.32 bits per heavy atom. The van der Waals surface area contributed by atoms with E-state index in [1.54, 1.807) is 36.4 Å². The molecule has 0 atom stereocenters. The molecule has 0 aromatic heterocycles. The Morgan fingerprint density at radius 1 is 0.742 bits per heavy atom. The van der Waals surface area contributed by atoms with Crippen molar-refractivity contribution >= 4 is 17.5 Å². The third kappa shape index (κ3) is 7.43. The average Bonchev–Trinajstić information content (AvgIpc) is 2.75. The molecule has 0 heterocycles. The van der Waals surface area contributed by atoms with Gasteiger partial charge in [-0.15, -0.1) is 0 Å². The van der Waals surface area contributed by atoms with Gasteiger partial charge < -0.3 is 20.1 Å². The average molecular weight is 426 g/mol.